The van der Waals surface area contributed by atoms with Crippen molar-refractivity contribution in [3.05, 3.63) is 23.8 Å². The maximum absolute atomic E-state index is 10.4. The first kappa shape index (κ1) is 16.0. The van der Waals surface area contributed by atoms with Crippen molar-refractivity contribution in [2.45, 2.75) is 47.5 Å². The summed E-state index contributed by atoms with van der Waals surface area (Å²) in [5, 5.41) is 8.56. The SMILES string of the molecule is CC(C=CCC(C)CC(C)C(C)C)=CC(=O)O. The molecular weight excluding hydrogens is 212 g/mol. The lowest BCUT2D eigenvalue weighted by molar-refractivity contribution is -0.131. The molecule has 0 bridgehead atoms. The molecule has 0 aromatic heterocycles. The van der Waals surface area contributed by atoms with Crippen LogP contribution in [0.2, 0.25) is 0 Å². The third-order valence-electron chi connectivity index (χ3n) is 3.18. The molecule has 17 heavy (non-hydrogen) atoms. The number of carboxylic acid groups (broad SMARTS) is 1. The predicted octanol–water partition coefficient (Wildman–Crippen LogP) is 4.28. The molecule has 98 valence electrons. The molecule has 0 radical (unpaired) electrons. The van der Waals surface area contributed by atoms with Crippen LogP contribution in [0.25, 0.3) is 0 Å². The minimum absolute atomic E-state index is 0.654. The van der Waals surface area contributed by atoms with Crippen molar-refractivity contribution >= 4 is 5.97 Å². The molecule has 0 saturated heterocycles. The van der Waals surface area contributed by atoms with E-state index >= 15 is 0 Å². The zero-order chi connectivity index (χ0) is 13.4. The molecule has 0 aliphatic rings. The Bertz CT molecular complexity index is 287. The quantitative estimate of drug-likeness (QED) is 0.531. The average Bonchev–Trinajstić information content (AvgIpc) is 2.15. The van der Waals surface area contributed by atoms with Crippen LogP contribution in [0.15, 0.2) is 23.8 Å². The van der Waals surface area contributed by atoms with Gasteiger partial charge in [0.15, 0.2) is 0 Å². The highest BCUT2D eigenvalue weighted by atomic mass is 16.4. The zero-order valence-electron chi connectivity index (χ0n) is 11.7. The summed E-state index contributed by atoms with van der Waals surface area (Å²) < 4.78 is 0. The molecule has 0 fully saturated rings. The number of carbonyl (C=O) groups is 1. The molecule has 0 saturated carbocycles. The second-order valence-corrected chi connectivity index (χ2v) is 5.43. The molecule has 0 aliphatic heterocycles. The maximum atomic E-state index is 10.4. The summed E-state index contributed by atoms with van der Waals surface area (Å²) in [5.74, 6) is 1.25. The first-order valence-corrected chi connectivity index (χ1v) is 6.40. The zero-order valence-corrected chi connectivity index (χ0v) is 11.7. The number of rotatable bonds is 7. The Morgan fingerprint density at radius 2 is 1.82 bits per heavy atom. The summed E-state index contributed by atoms with van der Waals surface area (Å²) in [4.78, 5) is 10.4. The normalized spacial score (nSPS) is 16.5. The summed E-state index contributed by atoms with van der Waals surface area (Å²) in [7, 11) is 0. The number of allylic oxidation sites excluding steroid dienone is 3. The third-order valence-corrected chi connectivity index (χ3v) is 3.18. The molecule has 2 heteroatoms. The third kappa shape index (κ3) is 8.73. The van der Waals surface area contributed by atoms with Crippen LogP contribution in [0, 0.1) is 17.8 Å². The second kappa shape index (κ2) is 8.10. The highest BCUT2D eigenvalue weighted by molar-refractivity contribution is 5.81. The topological polar surface area (TPSA) is 37.3 Å². The van der Waals surface area contributed by atoms with Crippen molar-refractivity contribution in [3.8, 4) is 0 Å². The van der Waals surface area contributed by atoms with Crippen LogP contribution in [0.3, 0.4) is 0 Å². The highest BCUT2D eigenvalue weighted by Crippen LogP contribution is 2.21. The van der Waals surface area contributed by atoms with Gasteiger partial charge in [0.1, 0.15) is 0 Å². The first-order chi connectivity index (χ1) is 7.82. The summed E-state index contributed by atoms with van der Waals surface area (Å²) in [6, 6.07) is 0. The fourth-order valence-corrected chi connectivity index (χ4v) is 1.73. The largest absolute Gasteiger partial charge is 0.478 e. The first-order valence-electron chi connectivity index (χ1n) is 6.40. The summed E-state index contributed by atoms with van der Waals surface area (Å²) in [6.07, 6.45) is 7.45. The smallest absolute Gasteiger partial charge is 0.328 e. The molecule has 2 unspecified atom stereocenters. The van der Waals surface area contributed by atoms with Crippen LogP contribution >= 0.6 is 0 Å². The van der Waals surface area contributed by atoms with E-state index in [0.717, 1.165) is 23.8 Å². The number of carboxylic acids is 1. The van der Waals surface area contributed by atoms with E-state index in [-0.39, 0.29) is 0 Å². The van der Waals surface area contributed by atoms with Crippen LogP contribution in [0.4, 0.5) is 0 Å². The van der Waals surface area contributed by atoms with E-state index in [1.54, 1.807) is 0 Å². The van der Waals surface area contributed by atoms with E-state index in [9.17, 15) is 4.79 Å². The fraction of sp³-hybridized carbons (Fsp3) is 0.667. The standard InChI is InChI=1S/C15H26O2/c1-11(2)14(5)9-12(3)7-6-8-13(4)10-15(16)17/h6,8,10-12,14H,7,9H2,1-5H3,(H,16,17). The van der Waals surface area contributed by atoms with Gasteiger partial charge in [0.25, 0.3) is 0 Å². The van der Waals surface area contributed by atoms with Crippen LogP contribution in [-0.2, 0) is 4.79 Å². The van der Waals surface area contributed by atoms with Gasteiger partial charge in [0.05, 0.1) is 0 Å². The van der Waals surface area contributed by atoms with Gasteiger partial charge in [-0.1, -0.05) is 39.8 Å². The van der Waals surface area contributed by atoms with Gasteiger partial charge in [-0.2, -0.15) is 0 Å². The summed E-state index contributed by atoms with van der Waals surface area (Å²) in [5.41, 5.74) is 0.793. The van der Waals surface area contributed by atoms with Crippen molar-refractivity contribution in [2.24, 2.45) is 17.8 Å². The van der Waals surface area contributed by atoms with E-state index in [2.05, 4.69) is 33.8 Å². The van der Waals surface area contributed by atoms with Gasteiger partial charge in [0, 0.05) is 6.08 Å². The van der Waals surface area contributed by atoms with Crippen LogP contribution in [-0.4, -0.2) is 11.1 Å². The van der Waals surface area contributed by atoms with Crippen molar-refractivity contribution in [1.29, 1.82) is 0 Å². The molecule has 0 rings (SSSR count). The van der Waals surface area contributed by atoms with E-state index in [4.69, 9.17) is 5.11 Å². The average molecular weight is 238 g/mol. The van der Waals surface area contributed by atoms with Gasteiger partial charge >= 0.3 is 5.97 Å². The Morgan fingerprint density at radius 1 is 1.24 bits per heavy atom. The molecule has 0 aromatic rings. The van der Waals surface area contributed by atoms with Gasteiger partial charge in [0.2, 0.25) is 0 Å². The molecule has 0 aliphatic carbocycles. The highest BCUT2D eigenvalue weighted by Gasteiger charge is 2.10. The molecule has 2 nitrogen and oxygen atoms in total. The molecule has 1 N–H and O–H groups in total. The van der Waals surface area contributed by atoms with E-state index < -0.39 is 5.97 Å². The molecule has 0 amide bonds. The van der Waals surface area contributed by atoms with E-state index in [1.807, 2.05) is 13.0 Å². The molecular formula is C15H26O2. The van der Waals surface area contributed by atoms with Crippen molar-refractivity contribution < 1.29 is 9.90 Å². The van der Waals surface area contributed by atoms with Gasteiger partial charge in [-0.3, -0.25) is 0 Å². The van der Waals surface area contributed by atoms with Gasteiger partial charge in [-0.15, -0.1) is 0 Å². The second-order valence-electron chi connectivity index (χ2n) is 5.43. The maximum Gasteiger partial charge on any atom is 0.328 e. The number of hydrogen-bond acceptors (Lipinski definition) is 1. The molecule has 0 aromatic carbocycles. The van der Waals surface area contributed by atoms with Crippen molar-refractivity contribution in [2.75, 3.05) is 0 Å². The van der Waals surface area contributed by atoms with Crippen LogP contribution < -0.4 is 0 Å². The van der Waals surface area contributed by atoms with Gasteiger partial charge in [-0.25, -0.2) is 4.79 Å². The van der Waals surface area contributed by atoms with E-state index in [1.165, 1.54) is 12.5 Å². The Balaban J connectivity index is 4.03. The van der Waals surface area contributed by atoms with Crippen molar-refractivity contribution in [1.82, 2.24) is 0 Å². The predicted molar refractivity (Wildman–Crippen MR) is 72.9 cm³/mol. The van der Waals surface area contributed by atoms with Gasteiger partial charge < -0.3 is 5.11 Å². The van der Waals surface area contributed by atoms with Crippen molar-refractivity contribution in [3.63, 3.8) is 0 Å². The fourth-order valence-electron chi connectivity index (χ4n) is 1.73. The Morgan fingerprint density at radius 3 is 2.29 bits per heavy atom. The minimum atomic E-state index is -0.881. The monoisotopic (exact) mass is 238 g/mol. The lowest BCUT2D eigenvalue weighted by atomic mass is 9.87. The Hall–Kier alpha value is -1.05. The Kier molecular flexibility index (Phi) is 7.60. The van der Waals surface area contributed by atoms with Crippen LogP contribution in [0.5, 0.6) is 0 Å². The molecule has 0 heterocycles. The van der Waals surface area contributed by atoms with E-state index in [0.29, 0.717) is 5.92 Å². The lowest BCUT2D eigenvalue weighted by Crippen LogP contribution is -2.08. The number of hydrogen-bond donors (Lipinski definition) is 1. The number of aliphatic carboxylic acids is 1. The Labute approximate surface area is 105 Å². The van der Waals surface area contributed by atoms with Gasteiger partial charge in [-0.05, 0) is 43.1 Å². The summed E-state index contributed by atoms with van der Waals surface area (Å²) in [6.45, 7) is 10.9. The lowest BCUT2D eigenvalue weighted by Gasteiger charge is -2.19. The molecule has 0 spiro atoms. The summed E-state index contributed by atoms with van der Waals surface area (Å²) >= 11 is 0. The molecule has 2 atom stereocenters. The van der Waals surface area contributed by atoms with Crippen LogP contribution in [0.1, 0.15) is 47.5 Å². The minimum Gasteiger partial charge on any atom is -0.478 e.